The number of aromatic nitrogens is 2. The minimum Gasteiger partial charge on any atom is -0.497 e. The second-order valence-corrected chi connectivity index (χ2v) is 10.8. The van der Waals surface area contributed by atoms with Gasteiger partial charge in [-0.1, -0.05) is 12.1 Å². The van der Waals surface area contributed by atoms with Crippen LogP contribution < -0.4 is 15.4 Å². The number of amides is 1. The molecule has 9 nitrogen and oxygen atoms in total. The zero-order chi connectivity index (χ0) is 26.2. The summed E-state index contributed by atoms with van der Waals surface area (Å²) in [6.45, 7) is 1.82. The maximum Gasteiger partial charge on any atom is 0.255 e. The van der Waals surface area contributed by atoms with E-state index in [1.54, 1.807) is 31.5 Å². The first kappa shape index (κ1) is 24.3. The number of carbonyl (C=O) groups is 1. The highest BCUT2D eigenvalue weighted by molar-refractivity contribution is 7.90. The number of nitrogens with one attached hydrogen (secondary N) is 3. The number of carbonyl (C=O) groups excluding carboxylic acids is 1. The molecule has 1 aromatic heterocycles. The van der Waals surface area contributed by atoms with Crippen LogP contribution >= 0.6 is 0 Å². The second-order valence-electron chi connectivity index (χ2n) is 8.74. The molecule has 188 valence electrons. The Morgan fingerprint density at radius 2 is 1.76 bits per heavy atom. The van der Waals surface area contributed by atoms with Crippen LogP contribution in [-0.2, 0) is 14.6 Å². The third kappa shape index (κ3) is 4.96. The number of nitrogens with zero attached hydrogens (tertiary/aromatic N) is 2. The van der Waals surface area contributed by atoms with E-state index in [0.717, 1.165) is 28.5 Å². The lowest BCUT2D eigenvalue weighted by molar-refractivity contribution is -0.113. The quantitative estimate of drug-likeness (QED) is 0.357. The van der Waals surface area contributed by atoms with E-state index in [4.69, 9.17) is 9.73 Å². The summed E-state index contributed by atoms with van der Waals surface area (Å²) in [5.74, 6) is 0.992. The van der Waals surface area contributed by atoms with E-state index in [1.165, 1.54) is 12.1 Å². The van der Waals surface area contributed by atoms with E-state index >= 15 is 0 Å². The fraction of sp³-hybridized carbons (Fsp3) is 0.148. The number of amidine groups is 1. The SMILES string of the molecule is COc1ccc(C2=NC(c3ccc(S(C)(=O)=O)cc3)C(C(=O)Nc3ccc4[nH]ncc4c3)=C(C)N2)cc1. The largest absolute Gasteiger partial charge is 0.497 e. The van der Waals surface area contributed by atoms with E-state index in [-0.39, 0.29) is 10.8 Å². The van der Waals surface area contributed by atoms with Crippen molar-refractivity contribution < 1.29 is 17.9 Å². The summed E-state index contributed by atoms with van der Waals surface area (Å²) in [6.07, 6.45) is 2.85. The molecule has 0 radical (unpaired) electrons. The molecule has 1 unspecified atom stereocenters. The van der Waals surface area contributed by atoms with Crippen LogP contribution in [0.3, 0.4) is 0 Å². The number of benzene rings is 3. The molecule has 4 aromatic rings. The van der Waals surface area contributed by atoms with Crippen molar-refractivity contribution in [1.82, 2.24) is 15.5 Å². The number of hydrogen-bond acceptors (Lipinski definition) is 7. The van der Waals surface area contributed by atoms with Gasteiger partial charge in [-0.2, -0.15) is 5.10 Å². The first-order chi connectivity index (χ1) is 17.7. The molecule has 0 aliphatic carbocycles. The van der Waals surface area contributed by atoms with E-state index in [2.05, 4.69) is 20.8 Å². The third-order valence-electron chi connectivity index (χ3n) is 6.17. The molecular weight excluding hydrogens is 490 g/mol. The van der Waals surface area contributed by atoms with Crippen LogP contribution in [0.5, 0.6) is 5.75 Å². The normalized spacial score (nSPS) is 15.8. The monoisotopic (exact) mass is 515 g/mol. The molecule has 0 saturated carbocycles. The Hall–Kier alpha value is -4.44. The van der Waals surface area contributed by atoms with Crippen molar-refractivity contribution in [2.24, 2.45) is 4.99 Å². The van der Waals surface area contributed by atoms with Crippen molar-refractivity contribution in [3.8, 4) is 5.75 Å². The summed E-state index contributed by atoms with van der Waals surface area (Å²) in [4.78, 5) is 18.7. The summed E-state index contributed by atoms with van der Waals surface area (Å²) in [7, 11) is -1.76. The van der Waals surface area contributed by atoms with E-state index < -0.39 is 15.9 Å². The highest BCUT2D eigenvalue weighted by Crippen LogP contribution is 2.33. The Morgan fingerprint density at radius 1 is 1.03 bits per heavy atom. The number of fused-ring (bicyclic) bond motifs is 1. The average molecular weight is 516 g/mol. The molecule has 1 aliphatic heterocycles. The molecule has 3 N–H and O–H groups in total. The summed E-state index contributed by atoms with van der Waals surface area (Å²) in [5.41, 5.74) is 4.06. The van der Waals surface area contributed by atoms with Gasteiger partial charge in [0.2, 0.25) is 0 Å². The number of hydrogen-bond donors (Lipinski definition) is 3. The number of ether oxygens (including phenoxy) is 1. The maximum atomic E-state index is 13.6. The molecule has 10 heteroatoms. The Bertz CT molecular complexity index is 1650. The minimum atomic E-state index is -3.36. The van der Waals surface area contributed by atoms with Gasteiger partial charge in [-0.15, -0.1) is 0 Å². The van der Waals surface area contributed by atoms with Crippen LogP contribution in [0.2, 0.25) is 0 Å². The van der Waals surface area contributed by atoms with Gasteiger partial charge in [0.05, 0.1) is 29.3 Å². The number of rotatable bonds is 6. The molecule has 3 aromatic carbocycles. The standard InChI is InChI=1S/C27H25N5O4S/c1-16-24(27(33)30-20-8-13-23-19(14-20)15-28-32-23)25(17-6-11-22(12-7-17)37(3,34)35)31-26(29-16)18-4-9-21(36-2)10-5-18/h4-15,25H,1-3H3,(H,28,32)(H,29,31)(H,30,33). The number of H-pyrrole nitrogens is 1. The topological polar surface area (TPSA) is 126 Å². The fourth-order valence-corrected chi connectivity index (χ4v) is 4.85. The summed E-state index contributed by atoms with van der Waals surface area (Å²) in [5, 5.41) is 14.0. The lowest BCUT2D eigenvalue weighted by atomic mass is 9.94. The lowest BCUT2D eigenvalue weighted by Gasteiger charge is -2.27. The number of aromatic amines is 1. The summed E-state index contributed by atoms with van der Waals surface area (Å²) >= 11 is 0. The lowest BCUT2D eigenvalue weighted by Crippen LogP contribution is -2.34. The summed E-state index contributed by atoms with van der Waals surface area (Å²) < 4.78 is 29.2. The van der Waals surface area contributed by atoms with Crippen LogP contribution in [0.1, 0.15) is 24.1 Å². The number of sulfone groups is 1. The molecule has 1 atom stereocenters. The molecule has 5 rings (SSSR count). The number of allylic oxidation sites excluding steroid dienone is 1. The summed E-state index contributed by atoms with van der Waals surface area (Å²) in [6, 6.07) is 18.7. The molecule has 1 aliphatic rings. The molecule has 0 saturated heterocycles. The molecule has 0 spiro atoms. The van der Waals surface area contributed by atoms with E-state index in [9.17, 15) is 13.2 Å². The zero-order valence-electron chi connectivity index (χ0n) is 20.4. The van der Waals surface area contributed by atoms with Crippen molar-refractivity contribution in [2.45, 2.75) is 17.9 Å². The van der Waals surface area contributed by atoms with Gasteiger partial charge in [-0.3, -0.25) is 14.9 Å². The maximum absolute atomic E-state index is 13.6. The third-order valence-corrected chi connectivity index (χ3v) is 7.30. The molecule has 2 heterocycles. The zero-order valence-corrected chi connectivity index (χ0v) is 21.3. The van der Waals surface area contributed by atoms with Crippen LogP contribution in [-0.4, -0.2) is 43.7 Å². The molecule has 0 fully saturated rings. The Labute approximate surface area is 214 Å². The minimum absolute atomic E-state index is 0.199. The van der Waals surface area contributed by atoms with Crippen LogP contribution in [0.4, 0.5) is 5.69 Å². The fourth-order valence-electron chi connectivity index (χ4n) is 4.22. The Kier molecular flexibility index (Phi) is 6.26. The second kappa shape index (κ2) is 9.55. The first-order valence-corrected chi connectivity index (χ1v) is 13.4. The van der Waals surface area contributed by atoms with Crippen molar-refractivity contribution >= 4 is 38.2 Å². The number of methoxy groups -OCH3 is 1. The van der Waals surface area contributed by atoms with Crippen molar-refractivity contribution in [1.29, 1.82) is 0 Å². The highest BCUT2D eigenvalue weighted by atomic mass is 32.2. The van der Waals surface area contributed by atoms with Gasteiger partial charge in [0.25, 0.3) is 5.91 Å². The van der Waals surface area contributed by atoms with Gasteiger partial charge in [0.1, 0.15) is 17.6 Å². The van der Waals surface area contributed by atoms with Crippen molar-refractivity contribution in [2.75, 3.05) is 18.7 Å². The van der Waals surface area contributed by atoms with Crippen LogP contribution in [0, 0.1) is 0 Å². The van der Waals surface area contributed by atoms with Gasteiger partial charge >= 0.3 is 0 Å². The van der Waals surface area contributed by atoms with E-state index in [1.807, 2.05) is 43.3 Å². The van der Waals surface area contributed by atoms with Crippen molar-refractivity contribution in [3.05, 3.63) is 95.3 Å². The molecule has 1 amide bonds. The van der Waals surface area contributed by atoms with Gasteiger partial charge in [0.15, 0.2) is 9.84 Å². The number of anilines is 1. The Morgan fingerprint density at radius 3 is 2.43 bits per heavy atom. The highest BCUT2D eigenvalue weighted by Gasteiger charge is 2.30. The van der Waals surface area contributed by atoms with Gasteiger partial charge in [-0.25, -0.2) is 8.42 Å². The van der Waals surface area contributed by atoms with Gasteiger partial charge < -0.3 is 15.4 Å². The average Bonchev–Trinajstić information content (AvgIpc) is 3.36. The first-order valence-electron chi connectivity index (χ1n) is 11.5. The predicted molar refractivity (Wildman–Crippen MR) is 142 cm³/mol. The smallest absolute Gasteiger partial charge is 0.255 e. The van der Waals surface area contributed by atoms with Gasteiger partial charge in [0, 0.05) is 28.6 Å². The van der Waals surface area contributed by atoms with E-state index in [0.29, 0.717) is 28.4 Å². The van der Waals surface area contributed by atoms with Crippen molar-refractivity contribution in [3.63, 3.8) is 0 Å². The molecular formula is C27H25N5O4S. The van der Waals surface area contributed by atoms with Crippen LogP contribution in [0.15, 0.2) is 94.1 Å². The molecule has 37 heavy (non-hydrogen) atoms. The number of aliphatic imine (C=N–C) groups is 1. The van der Waals surface area contributed by atoms with Gasteiger partial charge in [-0.05, 0) is 67.1 Å². The predicted octanol–water partition coefficient (Wildman–Crippen LogP) is 3.98. The Balaban J connectivity index is 1.53. The molecule has 0 bridgehead atoms. The van der Waals surface area contributed by atoms with Crippen LogP contribution in [0.25, 0.3) is 10.9 Å².